The van der Waals surface area contributed by atoms with Crippen LogP contribution in [-0.4, -0.2) is 22.8 Å². The van der Waals surface area contributed by atoms with E-state index in [1.54, 1.807) is 11.3 Å². The molecule has 21 heavy (non-hydrogen) atoms. The van der Waals surface area contributed by atoms with Gasteiger partial charge < -0.3 is 4.90 Å². The summed E-state index contributed by atoms with van der Waals surface area (Å²) in [5.41, 5.74) is 1.24. The van der Waals surface area contributed by atoms with Gasteiger partial charge in [0.05, 0.1) is 0 Å². The lowest BCUT2D eigenvalue weighted by atomic mass is 10.2. The number of rotatable bonds is 6. The van der Waals surface area contributed by atoms with Gasteiger partial charge in [0.15, 0.2) is 0 Å². The van der Waals surface area contributed by atoms with Crippen molar-refractivity contribution < 1.29 is 0 Å². The van der Waals surface area contributed by atoms with Crippen molar-refractivity contribution >= 4 is 22.5 Å². The van der Waals surface area contributed by atoms with Crippen LogP contribution in [0.3, 0.4) is 0 Å². The maximum Gasteiger partial charge on any atom is 0.208 e. The Balaban J connectivity index is 1.68. The molecular formula is C17H21N3S. The number of nitrogens with zero attached hydrogens (tertiary/aromatic N) is 3. The number of benzene rings is 1. The molecule has 0 bridgehead atoms. The normalized spacial score (nSPS) is 15.0. The fourth-order valence-electron chi connectivity index (χ4n) is 2.21. The van der Waals surface area contributed by atoms with Crippen LogP contribution in [0.25, 0.3) is 6.08 Å². The summed E-state index contributed by atoms with van der Waals surface area (Å²) in [6.45, 7) is 5.24. The quantitative estimate of drug-likeness (QED) is 0.794. The highest BCUT2D eigenvalue weighted by atomic mass is 32.1. The number of anilines is 1. The maximum atomic E-state index is 4.39. The highest BCUT2D eigenvalue weighted by molar-refractivity contribution is 7.15. The Hall–Kier alpha value is -1.68. The summed E-state index contributed by atoms with van der Waals surface area (Å²) in [5, 5.41) is 10.9. The molecule has 0 saturated heterocycles. The fourth-order valence-corrected chi connectivity index (χ4v) is 3.14. The van der Waals surface area contributed by atoms with Crippen molar-refractivity contribution in [2.24, 2.45) is 0 Å². The number of aromatic nitrogens is 2. The van der Waals surface area contributed by atoms with E-state index in [1.165, 1.54) is 18.4 Å². The van der Waals surface area contributed by atoms with E-state index in [2.05, 4.69) is 65.4 Å². The third kappa shape index (κ3) is 3.70. The van der Waals surface area contributed by atoms with Gasteiger partial charge in [0.1, 0.15) is 5.01 Å². The number of hydrogen-bond acceptors (Lipinski definition) is 4. The van der Waals surface area contributed by atoms with E-state index in [4.69, 9.17) is 0 Å². The standard InChI is InChI=1S/C17H21N3S/c1-13(2)16-18-19-17(21-16)20(15-10-11-15)12-6-9-14-7-4-3-5-8-14/h3-9,13,15H,10-12H2,1-2H3/b9-6+. The first kappa shape index (κ1) is 14.3. The van der Waals surface area contributed by atoms with Gasteiger partial charge in [0.25, 0.3) is 0 Å². The summed E-state index contributed by atoms with van der Waals surface area (Å²) in [5.74, 6) is 0.456. The topological polar surface area (TPSA) is 29.0 Å². The van der Waals surface area contributed by atoms with E-state index < -0.39 is 0 Å². The Morgan fingerprint density at radius 3 is 2.62 bits per heavy atom. The minimum Gasteiger partial charge on any atom is -0.340 e. The Kier molecular flexibility index (Phi) is 4.34. The van der Waals surface area contributed by atoms with Crippen molar-refractivity contribution in [3.8, 4) is 0 Å². The molecule has 4 heteroatoms. The molecule has 0 N–H and O–H groups in total. The molecule has 0 amide bonds. The molecule has 0 spiro atoms. The van der Waals surface area contributed by atoms with Crippen LogP contribution in [0.1, 0.15) is 43.2 Å². The average molecular weight is 299 g/mol. The monoisotopic (exact) mass is 299 g/mol. The molecule has 1 aromatic carbocycles. The summed E-state index contributed by atoms with van der Waals surface area (Å²) in [6.07, 6.45) is 6.95. The smallest absolute Gasteiger partial charge is 0.208 e. The molecule has 0 radical (unpaired) electrons. The van der Waals surface area contributed by atoms with E-state index in [0.717, 1.165) is 16.7 Å². The minimum atomic E-state index is 0.456. The first-order valence-corrected chi connectivity index (χ1v) is 8.37. The van der Waals surface area contributed by atoms with E-state index in [9.17, 15) is 0 Å². The van der Waals surface area contributed by atoms with Gasteiger partial charge in [0, 0.05) is 18.5 Å². The lowest BCUT2D eigenvalue weighted by Crippen LogP contribution is -2.25. The third-order valence-corrected chi connectivity index (χ3v) is 4.83. The Bertz CT molecular complexity index is 600. The van der Waals surface area contributed by atoms with Gasteiger partial charge in [-0.05, 0) is 18.4 Å². The van der Waals surface area contributed by atoms with Crippen molar-refractivity contribution in [2.45, 2.75) is 38.6 Å². The van der Waals surface area contributed by atoms with E-state index in [0.29, 0.717) is 12.0 Å². The van der Waals surface area contributed by atoms with Crippen LogP contribution in [0.2, 0.25) is 0 Å². The molecule has 1 aliphatic rings. The second kappa shape index (κ2) is 6.39. The predicted molar refractivity (Wildman–Crippen MR) is 89.8 cm³/mol. The van der Waals surface area contributed by atoms with E-state index in [-0.39, 0.29) is 0 Å². The van der Waals surface area contributed by atoms with Crippen LogP contribution in [-0.2, 0) is 0 Å². The maximum absolute atomic E-state index is 4.39. The largest absolute Gasteiger partial charge is 0.340 e. The molecule has 0 atom stereocenters. The summed E-state index contributed by atoms with van der Waals surface area (Å²) >= 11 is 1.73. The highest BCUT2D eigenvalue weighted by Gasteiger charge is 2.30. The van der Waals surface area contributed by atoms with Crippen LogP contribution in [0.5, 0.6) is 0 Å². The predicted octanol–water partition coefficient (Wildman–Crippen LogP) is 4.34. The van der Waals surface area contributed by atoms with Crippen LogP contribution in [0, 0.1) is 0 Å². The lowest BCUT2D eigenvalue weighted by Gasteiger charge is -2.18. The van der Waals surface area contributed by atoms with Crippen molar-refractivity contribution in [3.05, 3.63) is 47.0 Å². The third-order valence-electron chi connectivity index (χ3n) is 3.57. The molecule has 1 aliphatic carbocycles. The SMILES string of the molecule is CC(C)c1nnc(N(C/C=C/c2ccccc2)C2CC2)s1. The van der Waals surface area contributed by atoms with E-state index >= 15 is 0 Å². The molecule has 1 fully saturated rings. The van der Waals surface area contributed by atoms with Crippen molar-refractivity contribution in [3.63, 3.8) is 0 Å². The first-order valence-electron chi connectivity index (χ1n) is 7.55. The zero-order valence-corrected chi connectivity index (χ0v) is 13.4. The van der Waals surface area contributed by atoms with Gasteiger partial charge in [-0.25, -0.2) is 0 Å². The fraction of sp³-hybridized carbons (Fsp3) is 0.412. The van der Waals surface area contributed by atoms with Crippen LogP contribution in [0.15, 0.2) is 36.4 Å². The molecule has 2 aromatic rings. The molecule has 1 aromatic heterocycles. The summed E-state index contributed by atoms with van der Waals surface area (Å²) < 4.78 is 0. The number of hydrogen-bond donors (Lipinski definition) is 0. The molecule has 1 heterocycles. The van der Waals surface area contributed by atoms with Crippen LogP contribution >= 0.6 is 11.3 Å². The zero-order valence-electron chi connectivity index (χ0n) is 12.6. The Labute approximate surface area is 130 Å². The Morgan fingerprint density at radius 2 is 2.00 bits per heavy atom. The Morgan fingerprint density at radius 1 is 1.24 bits per heavy atom. The summed E-state index contributed by atoms with van der Waals surface area (Å²) in [6, 6.07) is 11.1. The highest BCUT2D eigenvalue weighted by Crippen LogP contribution is 2.34. The first-order chi connectivity index (χ1) is 10.2. The van der Waals surface area contributed by atoms with E-state index in [1.807, 2.05) is 6.07 Å². The second-order valence-electron chi connectivity index (χ2n) is 5.77. The van der Waals surface area contributed by atoms with Crippen molar-refractivity contribution in [2.75, 3.05) is 11.4 Å². The molecule has 110 valence electrons. The zero-order chi connectivity index (χ0) is 14.7. The van der Waals surface area contributed by atoms with Crippen molar-refractivity contribution in [1.82, 2.24) is 10.2 Å². The van der Waals surface area contributed by atoms with Crippen LogP contribution in [0.4, 0.5) is 5.13 Å². The molecular weight excluding hydrogens is 278 g/mol. The van der Waals surface area contributed by atoms with Crippen LogP contribution < -0.4 is 4.90 Å². The van der Waals surface area contributed by atoms with Gasteiger partial charge in [-0.3, -0.25) is 0 Å². The van der Waals surface area contributed by atoms with Gasteiger partial charge in [-0.2, -0.15) is 0 Å². The average Bonchev–Trinajstić information content (AvgIpc) is 3.20. The lowest BCUT2D eigenvalue weighted by molar-refractivity contribution is 0.807. The van der Waals surface area contributed by atoms with Crippen molar-refractivity contribution in [1.29, 1.82) is 0 Å². The van der Waals surface area contributed by atoms with Gasteiger partial charge in [0.2, 0.25) is 5.13 Å². The second-order valence-corrected chi connectivity index (χ2v) is 6.76. The molecule has 0 aliphatic heterocycles. The molecule has 0 unspecified atom stereocenters. The molecule has 3 nitrogen and oxygen atoms in total. The summed E-state index contributed by atoms with van der Waals surface area (Å²) in [4.78, 5) is 2.39. The van der Waals surface area contributed by atoms with Gasteiger partial charge in [-0.15, -0.1) is 10.2 Å². The van der Waals surface area contributed by atoms with Gasteiger partial charge in [-0.1, -0.05) is 67.7 Å². The minimum absolute atomic E-state index is 0.456. The van der Waals surface area contributed by atoms with Gasteiger partial charge >= 0.3 is 0 Å². The molecule has 1 saturated carbocycles. The summed E-state index contributed by atoms with van der Waals surface area (Å²) in [7, 11) is 0. The molecule has 3 rings (SSSR count).